The van der Waals surface area contributed by atoms with E-state index in [1.54, 1.807) is 36.4 Å². The number of benzene rings is 2. The summed E-state index contributed by atoms with van der Waals surface area (Å²) in [6.07, 6.45) is 0. The molecule has 4 nitrogen and oxygen atoms in total. The zero-order chi connectivity index (χ0) is 17.7. The number of hydrogen-bond acceptors (Lipinski definition) is 2. The summed E-state index contributed by atoms with van der Waals surface area (Å²) in [7, 11) is -3.72. The Morgan fingerprint density at radius 3 is 2.04 bits per heavy atom. The van der Waals surface area contributed by atoms with Crippen molar-refractivity contribution in [2.24, 2.45) is 0 Å². The molecular weight excluding hydrogens is 327 g/mol. The van der Waals surface area contributed by atoms with Crippen LogP contribution in [0.25, 0.3) is 0 Å². The SMILES string of the molecule is CC[N+](CC)=C(NS(=O)(=O)c1ccc(C)cc1)c1ccc(F)cc1. The molecule has 0 saturated heterocycles. The van der Waals surface area contributed by atoms with E-state index >= 15 is 0 Å². The fourth-order valence-corrected chi connectivity index (χ4v) is 3.47. The third-order valence-electron chi connectivity index (χ3n) is 3.76. The van der Waals surface area contributed by atoms with Crippen LogP contribution < -0.4 is 4.72 Å². The molecule has 0 amide bonds. The summed E-state index contributed by atoms with van der Waals surface area (Å²) in [6, 6.07) is 12.4. The first-order chi connectivity index (χ1) is 11.4. The standard InChI is InChI=1S/C18H21FN2O2S/c1-4-21(5-2)18(15-8-10-16(19)11-9-15)20-24(22,23)17-12-6-14(3)7-13-17/h6-13H,4-5H2,1-3H3/p+1. The van der Waals surface area contributed by atoms with E-state index in [-0.39, 0.29) is 10.7 Å². The third-order valence-corrected chi connectivity index (χ3v) is 5.11. The zero-order valence-corrected chi connectivity index (χ0v) is 14.9. The molecule has 0 aliphatic rings. The van der Waals surface area contributed by atoms with Crippen molar-refractivity contribution in [2.45, 2.75) is 25.7 Å². The topological polar surface area (TPSA) is 49.2 Å². The van der Waals surface area contributed by atoms with Crippen LogP contribution in [0.15, 0.2) is 53.4 Å². The molecule has 0 spiro atoms. The minimum atomic E-state index is -3.72. The Bertz CT molecular complexity index is 820. The number of nitrogens with one attached hydrogen (secondary N) is 1. The van der Waals surface area contributed by atoms with E-state index in [0.29, 0.717) is 24.5 Å². The summed E-state index contributed by atoms with van der Waals surface area (Å²) in [5.41, 5.74) is 1.61. The highest BCUT2D eigenvalue weighted by Gasteiger charge is 2.25. The van der Waals surface area contributed by atoms with Crippen LogP contribution in [0.4, 0.5) is 4.39 Å². The summed E-state index contributed by atoms with van der Waals surface area (Å²) in [5.74, 6) is 0.0830. The lowest BCUT2D eigenvalue weighted by Crippen LogP contribution is -2.38. The van der Waals surface area contributed by atoms with Crippen LogP contribution in [-0.2, 0) is 10.0 Å². The Hall–Kier alpha value is -2.21. The van der Waals surface area contributed by atoms with Crippen molar-refractivity contribution >= 4 is 15.9 Å². The molecule has 2 aromatic rings. The second kappa shape index (κ2) is 7.57. The lowest BCUT2D eigenvalue weighted by atomic mass is 10.2. The van der Waals surface area contributed by atoms with E-state index in [2.05, 4.69) is 4.72 Å². The molecule has 0 unspecified atom stereocenters. The molecule has 128 valence electrons. The quantitative estimate of drug-likeness (QED) is 0.513. The van der Waals surface area contributed by atoms with Gasteiger partial charge in [-0.25, -0.2) is 4.39 Å². The maximum atomic E-state index is 13.2. The van der Waals surface area contributed by atoms with Crippen LogP contribution >= 0.6 is 0 Å². The van der Waals surface area contributed by atoms with Gasteiger partial charge in [0.2, 0.25) is 0 Å². The van der Waals surface area contributed by atoms with Crippen LogP contribution in [0.2, 0.25) is 0 Å². The van der Waals surface area contributed by atoms with Gasteiger partial charge in [-0.05, 0) is 57.2 Å². The minimum Gasteiger partial charge on any atom is -0.261 e. The van der Waals surface area contributed by atoms with Crippen molar-refractivity contribution in [1.29, 1.82) is 0 Å². The maximum Gasteiger partial charge on any atom is 0.328 e. The van der Waals surface area contributed by atoms with E-state index in [4.69, 9.17) is 0 Å². The Balaban J connectivity index is 2.47. The summed E-state index contributed by atoms with van der Waals surface area (Å²) >= 11 is 0. The summed E-state index contributed by atoms with van der Waals surface area (Å²) in [6.45, 7) is 7.02. The first-order valence-corrected chi connectivity index (χ1v) is 9.33. The predicted octanol–water partition coefficient (Wildman–Crippen LogP) is 2.91. The molecule has 1 N–H and O–H groups in total. The highest BCUT2D eigenvalue weighted by atomic mass is 32.2. The molecule has 0 heterocycles. The van der Waals surface area contributed by atoms with Crippen molar-refractivity contribution in [2.75, 3.05) is 13.1 Å². The average molecular weight is 349 g/mol. The molecule has 0 radical (unpaired) electrons. The van der Waals surface area contributed by atoms with E-state index in [9.17, 15) is 12.8 Å². The van der Waals surface area contributed by atoms with Gasteiger partial charge in [0, 0.05) is 0 Å². The monoisotopic (exact) mass is 349 g/mol. The van der Waals surface area contributed by atoms with Crippen LogP contribution in [0, 0.1) is 12.7 Å². The summed E-state index contributed by atoms with van der Waals surface area (Å²) < 4.78 is 43.1. The second-order valence-electron chi connectivity index (χ2n) is 5.45. The molecule has 2 aromatic carbocycles. The fraction of sp³-hybridized carbons (Fsp3) is 0.278. The van der Waals surface area contributed by atoms with E-state index in [1.807, 2.05) is 25.3 Å². The molecule has 2 rings (SSSR count). The Labute approximate surface area is 142 Å². The van der Waals surface area contributed by atoms with Gasteiger partial charge in [-0.3, -0.25) is 4.58 Å². The molecule has 0 aliphatic heterocycles. The molecule has 0 aromatic heterocycles. The zero-order valence-electron chi connectivity index (χ0n) is 14.1. The predicted molar refractivity (Wildman–Crippen MR) is 93.4 cm³/mol. The highest BCUT2D eigenvalue weighted by molar-refractivity contribution is 7.90. The Morgan fingerprint density at radius 2 is 1.54 bits per heavy atom. The van der Waals surface area contributed by atoms with Crippen LogP contribution in [0.1, 0.15) is 25.0 Å². The van der Waals surface area contributed by atoms with Gasteiger partial charge in [-0.1, -0.05) is 17.7 Å². The maximum absolute atomic E-state index is 13.2. The molecule has 24 heavy (non-hydrogen) atoms. The normalized spacial score (nSPS) is 11.2. The molecule has 0 atom stereocenters. The number of hydrogen-bond donors (Lipinski definition) is 1. The van der Waals surface area contributed by atoms with Gasteiger partial charge in [-0.2, -0.15) is 13.1 Å². The lowest BCUT2D eigenvalue weighted by Gasteiger charge is -2.11. The molecule has 0 saturated carbocycles. The average Bonchev–Trinajstić information content (AvgIpc) is 2.56. The van der Waals surface area contributed by atoms with Crippen molar-refractivity contribution in [3.8, 4) is 0 Å². The molecule has 0 fully saturated rings. The van der Waals surface area contributed by atoms with Gasteiger partial charge >= 0.3 is 10.0 Å². The number of amidine groups is 1. The number of nitrogens with zero attached hydrogens (tertiary/aromatic N) is 1. The van der Waals surface area contributed by atoms with Gasteiger partial charge in [-0.15, -0.1) is 0 Å². The van der Waals surface area contributed by atoms with Gasteiger partial charge < -0.3 is 0 Å². The van der Waals surface area contributed by atoms with E-state index in [0.717, 1.165) is 5.56 Å². The largest absolute Gasteiger partial charge is 0.328 e. The van der Waals surface area contributed by atoms with Crippen LogP contribution in [0.3, 0.4) is 0 Å². The Kier molecular flexibility index (Phi) is 5.72. The first-order valence-electron chi connectivity index (χ1n) is 7.84. The van der Waals surface area contributed by atoms with Gasteiger partial charge in [0.25, 0.3) is 5.84 Å². The third kappa shape index (κ3) is 4.20. The summed E-state index contributed by atoms with van der Waals surface area (Å²) in [4.78, 5) is 0.194. The smallest absolute Gasteiger partial charge is 0.261 e. The van der Waals surface area contributed by atoms with Crippen LogP contribution in [0.5, 0.6) is 0 Å². The molecule has 6 heteroatoms. The van der Waals surface area contributed by atoms with E-state index in [1.165, 1.54) is 12.1 Å². The first kappa shape index (κ1) is 18.1. The second-order valence-corrected chi connectivity index (χ2v) is 7.13. The number of rotatable bonds is 5. The summed E-state index contributed by atoms with van der Waals surface area (Å²) in [5, 5.41) is 0. The molecule has 0 aliphatic carbocycles. The van der Waals surface area contributed by atoms with Gasteiger partial charge in [0.15, 0.2) is 0 Å². The van der Waals surface area contributed by atoms with E-state index < -0.39 is 10.0 Å². The van der Waals surface area contributed by atoms with Crippen molar-refractivity contribution in [1.82, 2.24) is 4.72 Å². The number of sulfonamides is 1. The Morgan fingerprint density at radius 1 is 1.00 bits per heavy atom. The molecular formula is C18H22FN2O2S+. The van der Waals surface area contributed by atoms with Crippen LogP contribution in [-0.4, -0.2) is 31.9 Å². The number of aryl methyl sites for hydroxylation is 1. The van der Waals surface area contributed by atoms with Gasteiger partial charge in [0.05, 0.1) is 18.7 Å². The van der Waals surface area contributed by atoms with Gasteiger partial charge in [0.1, 0.15) is 10.7 Å². The van der Waals surface area contributed by atoms with Crippen molar-refractivity contribution in [3.05, 3.63) is 65.5 Å². The van der Waals surface area contributed by atoms with Crippen molar-refractivity contribution in [3.63, 3.8) is 0 Å². The lowest BCUT2D eigenvalue weighted by molar-refractivity contribution is -0.521. The molecule has 0 bridgehead atoms. The fourth-order valence-electron chi connectivity index (χ4n) is 2.36. The van der Waals surface area contributed by atoms with Crippen molar-refractivity contribution < 1.29 is 17.4 Å². The highest BCUT2D eigenvalue weighted by Crippen LogP contribution is 2.12. The number of halogens is 1. The minimum absolute atomic E-state index is 0.194.